The third kappa shape index (κ3) is 4.48. The van der Waals surface area contributed by atoms with Crippen LogP contribution in [0.4, 0.5) is 14.9 Å². The van der Waals surface area contributed by atoms with Crippen molar-refractivity contribution in [3.63, 3.8) is 0 Å². The normalized spacial score (nSPS) is 10.4. The number of amides is 2. The lowest BCUT2D eigenvalue weighted by atomic mass is 10.3. The molecule has 0 radical (unpaired) electrons. The number of carbonyl (C=O) groups excluding carboxylic acids is 1. The molecule has 0 heterocycles. The standard InChI is InChI=1S/C13H16BrFN2O3/c1-8(2)17(7-6-11(18)19)13(20)16-12-9(14)4-3-5-10(12)15/h3-5,8H,6-7H2,1-2H3,(H,16,20)(H,18,19). The third-order valence-corrected chi connectivity index (χ3v) is 3.31. The summed E-state index contributed by atoms with van der Waals surface area (Å²) in [6.45, 7) is 3.58. The van der Waals surface area contributed by atoms with E-state index in [2.05, 4.69) is 21.2 Å². The number of hydrogen-bond donors (Lipinski definition) is 2. The van der Waals surface area contributed by atoms with Crippen molar-refractivity contribution in [3.05, 3.63) is 28.5 Å². The van der Waals surface area contributed by atoms with Gasteiger partial charge in [0.05, 0.1) is 12.1 Å². The molecule has 1 rings (SSSR count). The van der Waals surface area contributed by atoms with Crippen molar-refractivity contribution in [3.8, 4) is 0 Å². The molecule has 110 valence electrons. The minimum absolute atomic E-state index is 0.0403. The molecular weight excluding hydrogens is 331 g/mol. The fourth-order valence-corrected chi connectivity index (χ4v) is 2.05. The van der Waals surface area contributed by atoms with E-state index in [0.717, 1.165) is 0 Å². The van der Waals surface area contributed by atoms with E-state index >= 15 is 0 Å². The minimum Gasteiger partial charge on any atom is -0.481 e. The Hall–Kier alpha value is -1.63. The van der Waals surface area contributed by atoms with E-state index in [1.807, 2.05) is 0 Å². The van der Waals surface area contributed by atoms with E-state index < -0.39 is 17.8 Å². The average Bonchev–Trinajstić information content (AvgIpc) is 2.33. The van der Waals surface area contributed by atoms with Crippen molar-refractivity contribution in [2.24, 2.45) is 0 Å². The molecule has 0 spiro atoms. The van der Waals surface area contributed by atoms with Crippen LogP contribution in [0.5, 0.6) is 0 Å². The van der Waals surface area contributed by atoms with Crippen molar-refractivity contribution >= 4 is 33.6 Å². The highest BCUT2D eigenvalue weighted by Crippen LogP contribution is 2.25. The van der Waals surface area contributed by atoms with Gasteiger partial charge in [-0.25, -0.2) is 9.18 Å². The zero-order valence-corrected chi connectivity index (χ0v) is 12.8. The molecule has 0 saturated heterocycles. The maximum atomic E-state index is 13.6. The first-order valence-electron chi connectivity index (χ1n) is 6.06. The van der Waals surface area contributed by atoms with Crippen LogP contribution >= 0.6 is 15.9 Å². The predicted octanol–water partition coefficient (Wildman–Crippen LogP) is 3.31. The van der Waals surface area contributed by atoms with E-state index in [-0.39, 0.29) is 24.7 Å². The van der Waals surface area contributed by atoms with Gasteiger partial charge in [0.25, 0.3) is 0 Å². The molecule has 5 nitrogen and oxygen atoms in total. The predicted molar refractivity (Wildman–Crippen MR) is 77.2 cm³/mol. The van der Waals surface area contributed by atoms with Crippen molar-refractivity contribution in [2.75, 3.05) is 11.9 Å². The molecule has 0 atom stereocenters. The summed E-state index contributed by atoms with van der Waals surface area (Å²) in [5.41, 5.74) is 0.0403. The Labute approximate surface area is 124 Å². The Kier molecular flexibility index (Phi) is 5.94. The molecule has 20 heavy (non-hydrogen) atoms. The highest BCUT2D eigenvalue weighted by molar-refractivity contribution is 9.10. The summed E-state index contributed by atoms with van der Waals surface area (Å²) in [5, 5.41) is 11.1. The topological polar surface area (TPSA) is 69.6 Å². The molecule has 1 aromatic carbocycles. The number of para-hydroxylation sites is 1. The number of benzene rings is 1. The first kappa shape index (κ1) is 16.4. The van der Waals surface area contributed by atoms with E-state index in [9.17, 15) is 14.0 Å². The number of anilines is 1. The van der Waals surface area contributed by atoms with Gasteiger partial charge in [0.1, 0.15) is 5.82 Å². The van der Waals surface area contributed by atoms with Gasteiger partial charge in [-0.1, -0.05) is 6.07 Å². The van der Waals surface area contributed by atoms with Crippen molar-refractivity contribution in [2.45, 2.75) is 26.3 Å². The molecule has 7 heteroatoms. The summed E-state index contributed by atoms with van der Waals surface area (Å²) in [6, 6.07) is 3.62. The van der Waals surface area contributed by atoms with Crippen LogP contribution in [0.25, 0.3) is 0 Å². The van der Waals surface area contributed by atoms with Crippen LogP contribution in [-0.4, -0.2) is 34.6 Å². The van der Waals surface area contributed by atoms with Gasteiger partial charge in [-0.3, -0.25) is 4.79 Å². The Bertz CT molecular complexity index is 488. The van der Waals surface area contributed by atoms with E-state index in [1.165, 1.54) is 17.0 Å². The SMILES string of the molecule is CC(C)N(CCC(=O)O)C(=O)Nc1c(F)cccc1Br. The molecular formula is C13H16BrFN2O3. The van der Waals surface area contributed by atoms with Gasteiger partial charge < -0.3 is 15.3 Å². The number of rotatable bonds is 5. The monoisotopic (exact) mass is 346 g/mol. The maximum Gasteiger partial charge on any atom is 0.322 e. The third-order valence-electron chi connectivity index (χ3n) is 2.65. The molecule has 0 fully saturated rings. The fourth-order valence-electron chi connectivity index (χ4n) is 1.61. The lowest BCUT2D eigenvalue weighted by molar-refractivity contribution is -0.137. The summed E-state index contributed by atoms with van der Waals surface area (Å²) in [7, 11) is 0. The Morgan fingerprint density at radius 2 is 2.10 bits per heavy atom. The van der Waals surface area contributed by atoms with Gasteiger partial charge in [-0.05, 0) is 41.9 Å². The molecule has 0 aliphatic rings. The number of halogens is 2. The lowest BCUT2D eigenvalue weighted by Gasteiger charge is -2.26. The summed E-state index contributed by atoms with van der Waals surface area (Å²) >= 11 is 3.16. The van der Waals surface area contributed by atoms with Crippen LogP contribution in [0.1, 0.15) is 20.3 Å². The quantitative estimate of drug-likeness (QED) is 0.859. The smallest absolute Gasteiger partial charge is 0.322 e. The fraction of sp³-hybridized carbons (Fsp3) is 0.385. The van der Waals surface area contributed by atoms with Crippen LogP contribution in [0.3, 0.4) is 0 Å². The average molecular weight is 347 g/mol. The summed E-state index contributed by atoms with van der Waals surface area (Å²) < 4.78 is 14.1. The van der Waals surface area contributed by atoms with Gasteiger partial charge in [0, 0.05) is 17.1 Å². The van der Waals surface area contributed by atoms with Gasteiger partial charge in [0.2, 0.25) is 0 Å². The first-order chi connectivity index (χ1) is 9.32. The summed E-state index contributed by atoms with van der Waals surface area (Å²) in [4.78, 5) is 24.0. The van der Waals surface area contributed by atoms with E-state index in [4.69, 9.17) is 5.11 Å². The van der Waals surface area contributed by atoms with Crippen molar-refractivity contribution < 1.29 is 19.1 Å². The number of carbonyl (C=O) groups is 2. The molecule has 0 aliphatic heterocycles. The van der Waals surface area contributed by atoms with Crippen LogP contribution in [0.15, 0.2) is 22.7 Å². The lowest BCUT2D eigenvalue weighted by Crippen LogP contribution is -2.41. The first-order valence-corrected chi connectivity index (χ1v) is 6.85. The number of urea groups is 1. The minimum atomic E-state index is -0.990. The number of nitrogens with zero attached hydrogens (tertiary/aromatic N) is 1. The van der Waals surface area contributed by atoms with Crippen LogP contribution in [0.2, 0.25) is 0 Å². The Morgan fingerprint density at radius 1 is 1.45 bits per heavy atom. The zero-order valence-electron chi connectivity index (χ0n) is 11.2. The second-order valence-corrected chi connectivity index (χ2v) is 5.31. The number of hydrogen-bond acceptors (Lipinski definition) is 2. The Balaban J connectivity index is 2.83. The molecule has 0 saturated carbocycles. The maximum absolute atomic E-state index is 13.6. The number of carboxylic acid groups (broad SMARTS) is 1. The Morgan fingerprint density at radius 3 is 2.60 bits per heavy atom. The van der Waals surface area contributed by atoms with Crippen molar-refractivity contribution in [1.82, 2.24) is 4.90 Å². The highest BCUT2D eigenvalue weighted by atomic mass is 79.9. The second-order valence-electron chi connectivity index (χ2n) is 4.46. The molecule has 2 amide bonds. The van der Waals surface area contributed by atoms with Crippen LogP contribution in [0, 0.1) is 5.82 Å². The number of nitrogens with one attached hydrogen (secondary N) is 1. The molecule has 0 aliphatic carbocycles. The number of carboxylic acids is 1. The van der Waals surface area contributed by atoms with E-state index in [0.29, 0.717) is 4.47 Å². The van der Waals surface area contributed by atoms with Crippen LogP contribution < -0.4 is 5.32 Å². The van der Waals surface area contributed by atoms with Crippen molar-refractivity contribution in [1.29, 1.82) is 0 Å². The van der Waals surface area contributed by atoms with Gasteiger partial charge in [-0.2, -0.15) is 0 Å². The summed E-state index contributed by atoms with van der Waals surface area (Å²) in [6.07, 6.45) is -0.163. The van der Waals surface area contributed by atoms with Gasteiger partial charge in [-0.15, -0.1) is 0 Å². The van der Waals surface area contributed by atoms with Gasteiger partial charge >= 0.3 is 12.0 Å². The second kappa shape index (κ2) is 7.23. The molecule has 0 bridgehead atoms. The molecule has 0 aromatic heterocycles. The van der Waals surface area contributed by atoms with Crippen LogP contribution in [-0.2, 0) is 4.79 Å². The van der Waals surface area contributed by atoms with Gasteiger partial charge in [0.15, 0.2) is 0 Å². The molecule has 1 aromatic rings. The van der Waals surface area contributed by atoms with E-state index in [1.54, 1.807) is 19.9 Å². The molecule has 2 N–H and O–H groups in total. The largest absolute Gasteiger partial charge is 0.481 e. The zero-order chi connectivity index (χ0) is 15.3. The highest BCUT2D eigenvalue weighted by Gasteiger charge is 2.20. The molecule has 0 unspecified atom stereocenters. The number of aliphatic carboxylic acids is 1. The summed E-state index contributed by atoms with van der Waals surface area (Å²) in [5.74, 6) is -1.55.